The summed E-state index contributed by atoms with van der Waals surface area (Å²) in [4.78, 5) is 0. The average molecular weight is 133 g/mol. The van der Waals surface area contributed by atoms with Crippen LogP contribution in [0.3, 0.4) is 0 Å². The van der Waals surface area contributed by atoms with E-state index >= 15 is 0 Å². The Morgan fingerprint density at radius 1 is 1.38 bits per heavy atom. The highest BCUT2D eigenvalue weighted by atomic mass is 35.5. The third-order valence-corrected chi connectivity index (χ3v) is 0.770. The zero-order valence-corrected chi connectivity index (χ0v) is 4.58. The van der Waals surface area contributed by atoms with Crippen molar-refractivity contribution in [1.29, 1.82) is 0 Å². The summed E-state index contributed by atoms with van der Waals surface area (Å²) < 4.78 is 28.5. The van der Waals surface area contributed by atoms with Gasteiger partial charge in [0.25, 0.3) is 0 Å². The third kappa shape index (κ3) is 1.14. The van der Waals surface area contributed by atoms with E-state index in [1.807, 2.05) is 0 Å². The number of phenolic OH excluding ortho intramolecular Hbond substituents is 1. The van der Waals surface area contributed by atoms with E-state index in [9.17, 15) is 0 Å². The molecule has 0 heterocycles. The molecular formula is C6H5ClO. The van der Waals surface area contributed by atoms with Gasteiger partial charge in [-0.25, -0.2) is 0 Å². The van der Waals surface area contributed by atoms with E-state index in [4.69, 9.17) is 22.2 Å². The smallest absolute Gasteiger partial charge is 0.115 e. The van der Waals surface area contributed by atoms with E-state index in [0.29, 0.717) is 0 Å². The molecular weight excluding hydrogens is 124 g/mol. The lowest BCUT2D eigenvalue weighted by Crippen LogP contribution is -1.61. The number of rotatable bonds is 0. The van der Waals surface area contributed by atoms with Gasteiger partial charge in [0.2, 0.25) is 0 Å². The highest BCUT2D eigenvalue weighted by Gasteiger charge is 1.84. The molecule has 0 saturated heterocycles. The Morgan fingerprint density at radius 3 is 2.38 bits per heavy atom. The molecule has 1 N–H and O–H groups in total. The maximum Gasteiger partial charge on any atom is 0.115 e. The van der Waals surface area contributed by atoms with Crippen LogP contribution in [0.25, 0.3) is 0 Å². The van der Waals surface area contributed by atoms with Gasteiger partial charge in [0, 0.05) is 5.02 Å². The molecule has 0 unspecified atom stereocenters. The van der Waals surface area contributed by atoms with Crippen molar-refractivity contribution < 1.29 is 10.6 Å². The van der Waals surface area contributed by atoms with Crippen molar-refractivity contribution >= 4 is 11.6 Å². The van der Waals surface area contributed by atoms with Gasteiger partial charge in [-0.1, -0.05) is 11.6 Å². The lowest BCUT2D eigenvalue weighted by molar-refractivity contribution is 0.475. The van der Waals surface area contributed by atoms with Crippen LogP contribution in [0.2, 0.25) is 5.02 Å². The van der Waals surface area contributed by atoms with Crippen LogP contribution in [0.15, 0.2) is 24.2 Å². The van der Waals surface area contributed by atoms with Crippen LogP contribution < -0.4 is 0 Å². The van der Waals surface area contributed by atoms with E-state index in [-0.39, 0.29) is 5.02 Å². The van der Waals surface area contributed by atoms with Gasteiger partial charge in [-0.3, -0.25) is 0 Å². The molecule has 8 heavy (non-hydrogen) atoms. The molecule has 0 amide bonds. The molecule has 0 aliphatic heterocycles. The molecule has 1 rings (SSSR count). The van der Waals surface area contributed by atoms with Crippen molar-refractivity contribution in [3.8, 4) is 5.75 Å². The van der Waals surface area contributed by atoms with Crippen molar-refractivity contribution in [1.82, 2.24) is 0 Å². The van der Waals surface area contributed by atoms with Crippen molar-refractivity contribution in [3.05, 3.63) is 29.2 Å². The van der Waals surface area contributed by atoms with Crippen molar-refractivity contribution in [2.75, 3.05) is 0 Å². The minimum atomic E-state index is -0.672. The number of hydrogen-bond acceptors (Lipinski definition) is 1. The molecule has 1 aromatic carbocycles. The minimum Gasteiger partial charge on any atom is -0.508 e. The molecule has 0 radical (unpaired) electrons. The maximum absolute atomic E-state index is 9.02. The second-order valence-corrected chi connectivity index (χ2v) is 1.54. The summed E-state index contributed by atoms with van der Waals surface area (Å²) in [6, 6.07) is -1.87. The summed E-state index contributed by atoms with van der Waals surface area (Å²) in [5.41, 5.74) is 0. The predicted octanol–water partition coefficient (Wildman–Crippen LogP) is 2.05. The minimum absolute atomic E-state index is 0.275. The molecule has 0 aliphatic rings. The Kier molecular flexibility index (Phi) is 0.584. The van der Waals surface area contributed by atoms with Gasteiger partial charge in [0.05, 0.1) is 5.48 Å². The van der Waals surface area contributed by atoms with Gasteiger partial charge in [0.15, 0.2) is 0 Å². The van der Waals surface area contributed by atoms with Crippen molar-refractivity contribution in [2.45, 2.75) is 0 Å². The monoisotopic (exact) mass is 132 g/mol. The van der Waals surface area contributed by atoms with E-state index in [1.54, 1.807) is 0 Å². The second-order valence-electron chi connectivity index (χ2n) is 1.16. The quantitative estimate of drug-likeness (QED) is 0.573. The van der Waals surface area contributed by atoms with Crippen LogP contribution in [-0.2, 0) is 0 Å². The number of phenols is 1. The SMILES string of the molecule is [2H]c1c([2H])c(Cl)c([2H])c([2H])c1O. The molecule has 1 nitrogen and oxygen atoms in total. The Bertz CT molecular complexity index is 234. The molecule has 0 aromatic heterocycles. The van der Waals surface area contributed by atoms with Gasteiger partial charge in [-0.2, -0.15) is 0 Å². The third-order valence-electron chi connectivity index (χ3n) is 0.581. The topological polar surface area (TPSA) is 20.2 Å². The molecule has 2 heteroatoms. The fourth-order valence-electron chi connectivity index (χ4n) is 0.291. The molecule has 0 fully saturated rings. The van der Waals surface area contributed by atoms with Gasteiger partial charge in [0.1, 0.15) is 5.75 Å². The van der Waals surface area contributed by atoms with Crippen molar-refractivity contribution in [3.63, 3.8) is 0 Å². The van der Waals surface area contributed by atoms with E-state index in [0.717, 1.165) is 0 Å². The summed E-state index contributed by atoms with van der Waals surface area (Å²) in [7, 11) is 0. The predicted molar refractivity (Wildman–Crippen MR) is 33.1 cm³/mol. The normalized spacial score (nSPS) is 16.1. The van der Waals surface area contributed by atoms with Crippen LogP contribution in [0.5, 0.6) is 5.75 Å². The van der Waals surface area contributed by atoms with Crippen LogP contribution in [0.1, 0.15) is 5.48 Å². The van der Waals surface area contributed by atoms with Gasteiger partial charge in [-0.05, 0) is 24.2 Å². The first kappa shape index (κ1) is 2.28. The van der Waals surface area contributed by atoms with E-state index in [1.165, 1.54) is 0 Å². The first-order chi connectivity index (χ1) is 5.46. The molecule has 0 saturated carbocycles. The standard InChI is InChI=1S/C6H5ClO/c7-5-1-3-6(8)4-2-5/h1-4,8H/i1D,2D,3D,4D. The average Bonchev–Trinajstić information content (AvgIpc) is 2.08. The van der Waals surface area contributed by atoms with Gasteiger partial charge < -0.3 is 5.11 Å². The Hall–Kier alpha value is -0.690. The van der Waals surface area contributed by atoms with Crippen LogP contribution in [0, 0.1) is 0 Å². The number of hydrogen-bond donors (Lipinski definition) is 1. The van der Waals surface area contributed by atoms with Crippen LogP contribution >= 0.6 is 11.6 Å². The number of benzene rings is 1. The summed E-state index contributed by atoms with van der Waals surface area (Å²) in [6.07, 6.45) is 0. The molecule has 0 bridgehead atoms. The van der Waals surface area contributed by atoms with Gasteiger partial charge >= 0.3 is 0 Å². The second kappa shape index (κ2) is 2.05. The summed E-state index contributed by atoms with van der Waals surface area (Å²) in [5, 5.41) is 8.74. The lowest BCUT2D eigenvalue weighted by atomic mass is 10.3. The van der Waals surface area contributed by atoms with E-state index < -0.39 is 29.9 Å². The van der Waals surface area contributed by atoms with Crippen LogP contribution in [-0.4, -0.2) is 5.11 Å². The maximum atomic E-state index is 9.02. The molecule has 0 spiro atoms. The Balaban J connectivity index is 3.60. The van der Waals surface area contributed by atoms with Crippen LogP contribution in [0.4, 0.5) is 0 Å². The number of halogens is 1. The fourth-order valence-corrected chi connectivity index (χ4v) is 0.385. The largest absolute Gasteiger partial charge is 0.508 e. The first-order valence-corrected chi connectivity index (χ1v) is 2.29. The zero-order valence-electron chi connectivity index (χ0n) is 7.83. The fraction of sp³-hybridized carbons (Fsp3) is 0. The Labute approximate surface area is 58.1 Å². The molecule has 42 valence electrons. The van der Waals surface area contributed by atoms with Gasteiger partial charge in [-0.15, -0.1) is 0 Å². The number of aromatic hydroxyl groups is 1. The molecule has 0 aliphatic carbocycles. The first-order valence-electron chi connectivity index (χ1n) is 3.91. The lowest BCUT2D eigenvalue weighted by Gasteiger charge is -1.87. The van der Waals surface area contributed by atoms with Crippen molar-refractivity contribution in [2.24, 2.45) is 0 Å². The Morgan fingerprint density at radius 2 is 1.88 bits per heavy atom. The summed E-state index contributed by atoms with van der Waals surface area (Å²) >= 11 is 5.43. The van der Waals surface area contributed by atoms with E-state index in [2.05, 4.69) is 0 Å². The zero-order chi connectivity index (χ0) is 9.46. The summed E-state index contributed by atoms with van der Waals surface area (Å²) in [6.45, 7) is 0. The highest BCUT2D eigenvalue weighted by Crippen LogP contribution is 2.12. The highest BCUT2D eigenvalue weighted by molar-refractivity contribution is 6.30. The molecule has 0 atom stereocenters. The molecule has 1 aromatic rings. The summed E-state index contributed by atoms with van der Waals surface area (Å²) in [5.74, 6) is -0.672.